The van der Waals surface area contributed by atoms with Crippen LogP contribution in [0.2, 0.25) is 0 Å². The summed E-state index contributed by atoms with van der Waals surface area (Å²) in [4.78, 5) is 33.6. The van der Waals surface area contributed by atoms with E-state index in [4.69, 9.17) is 4.98 Å². The molecule has 3 aromatic carbocycles. The van der Waals surface area contributed by atoms with Crippen molar-refractivity contribution >= 4 is 22.8 Å². The molecule has 1 N–H and O–H groups in total. The number of amides is 2. The Labute approximate surface area is 224 Å². The fourth-order valence-electron chi connectivity index (χ4n) is 5.52. The van der Waals surface area contributed by atoms with Crippen molar-refractivity contribution in [3.63, 3.8) is 0 Å². The lowest BCUT2D eigenvalue weighted by Crippen LogP contribution is -2.42. The van der Waals surface area contributed by atoms with Gasteiger partial charge in [0.05, 0.1) is 11.0 Å². The topological polar surface area (TPSA) is 67.2 Å². The quantitative estimate of drug-likeness (QED) is 0.316. The third-order valence-corrected chi connectivity index (χ3v) is 7.58. The molecule has 0 aliphatic heterocycles. The molecule has 5 rings (SSSR count). The molecule has 2 amide bonds. The lowest BCUT2D eigenvalue weighted by Gasteiger charge is -2.35. The molecule has 4 aromatic rings. The second kappa shape index (κ2) is 12.1. The third kappa shape index (κ3) is 5.96. The molecular weight excluding hydrogens is 472 g/mol. The number of nitrogens with zero attached hydrogens (tertiary/aromatic N) is 3. The first-order valence-corrected chi connectivity index (χ1v) is 13.7. The average Bonchev–Trinajstić information content (AvgIpc) is 3.29. The highest BCUT2D eigenvalue weighted by Crippen LogP contribution is 2.25. The molecule has 6 heteroatoms. The number of para-hydroxylation sites is 2. The van der Waals surface area contributed by atoms with Crippen molar-refractivity contribution in [3.05, 3.63) is 101 Å². The molecule has 1 heterocycles. The van der Waals surface area contributed by atoms with E-state index < -0.39 is 0 Å². The molecule has 196 valence electrons. The zero-order chi connectivity index (χ0) is 26.3. The normalized spacial score (nSPS) is 13.9. The number of carbonyl (C=O) groups is 2. The monoisotopic (exact) mass is 508 g/mol. The molecule has 0 unspecified atom stereocenters. The second-order valence-corrected chi connectivity index (χ2v) is 10.2. The highest BCUT2D eigenvalue weighted by molar-refractivity contribution is 5.95. The Morgan fingerprint density at radius 1 is 0.921 bits per heavy atom. The predicted octanol–water partition coefficient (Wildman–Crippen LogP) is 5.68. The number of rotatable bonds is 9. The van der Waals surface area contributed by atoms with Crippen LogP contribution in [0.1, 0.15) is 59.4 Å². The fraction of sp³-hybridized carbons (Fsp3) is 0.344. The van der Waals surface area contributed by atoms with Gasteiger partial charge in [-0.15, -0.1) is 0 Å². The van der Waals surface area contributed by atoms with Crippen LogP contribution >= 0.6 is 0 Å². The van der Waals surface area contributed by atoms with Crippen LogP contribution in [0.15, 0.2) is 78.9 Å². The van der Waals surface area contributed by atoms with Crippen LogP contribution in [0.5, 0.6) is 0 Å². The summed E-state index contributed by atoms with van der Waals surface area (Å²) in [5.41, 5.74) is 4.60. The summed E-state index contributed by atoms with van der Waals surface area (Å²) in [5.74, 6) is 0.843. The number of aromatic nitrogens is 2. The van der Waals surface area contributed by atoms with Crippen LogP contribution in [-0.4, -0.2) is 38.9 Å². The molecule has 1 aliphatic rings. The van der Waals surface area contributed by atoms with Crippen molar-refractivity contribution in [1.82, 2.24) is 19.8 Å². The average molecular weight is 509 g/mol. The number of carbonyl (C=O) groups excluding carboxylic acids is 2. The Balaban J connectivity index is 1.35. The zero-order valence-corrected chi connectivity index (χ0v) is 22.1. The summed E-state index contributed by atoms with van der Waals surface area (Å²) in [6.07, 6.45) is 6.24. The minimum atomic E-state index is -0.0897. The molecular formula is C32H36N4O2. The predicted molar refractivity (Wildman–Crippen MR) is 151 cm³/mol. The van der Waals surface area contributed by atoms with Gasteiger partial charge < -0.3 is 14.8 Å². The third-order valence-electron chi connectivity index (χ3n) is 7.58. The molecule has 1 aliphatic carbocycles. The van der Waals surface area contributed by atoms with E-state index in [-0.39, 0.29) is 24.4 Å². The summed E-state index contributed by atoms with van der Waals surface area (Å²) >= 11 is 0. The van der Waals surface area contributed by atoms with Gasteiger partial charge in [-0.05, 0) is 49.1 Å². The van der Waals surface area contributed by atoms with E-state index in [1.807, 2.05) is 78.2 Å². The summed E-state index contributed by atoms with van der Waals surface area (Å²) in [6.45, 7) is 3.25. The molecule has 0 atom stereocenters. The minimum Gasteiger partial charge on any atom is -0.352 e. The Morgan fingerprint density at radius 3 is 2.42 bits per heavy atom. The van der Waals surface area contributed by atoms with Crippen LogP contribution in [0.4, 0.5) is 0 Å². The fourth-order valence-corrected chi connectivity index (χ4v) is 5.52. The Bertz CT molecular complexity index is 1390. The van der Waals surface area contributed by atoms with Gasteiger partial charge in [-0.2, -0.15) is 0 Å². The second-order valence-electron chi connectivity index (χ2n) is 10.2. The summed E-state index contributed by atoms with van der Waals surface area (Å²) in [6, 6.07) is 26.1. The van der Waals surface area contributed by atoms with E-state index in [2.05, 4.69) is 22.3 Å². The highest BCUT2D eigenvalue weighted by Gasteiger charge is 2.27. The molecule has 0 radical (unpaired) electrons. The van der Waals surface area contributed by atoms with Gasteiger partial charge in [0.2, 0.25) is 5.91 Å². The van der Waals surface area contributed by atoms with Crippen LogP contribution < -0.4 is 5.32 Å². The first-order valence-electron chi connectivity index (χ1n) is 13.7. The maximum atomic E-state index is 13.9. The van der Waals surface area contributed by atoms with Crippen molar-refractivity contribution in [2.45, 2.75) is 64.6 Å². The molecule has 0 bridgehead atoms. The molecule has 6 nitrogen and oxygen atoms in total. The highest BCUT2D eigenvalue weighted by atomic mass is 16.2. The Morgan fingerprint density at radius 2 is 1.63 bits per heavy atom. The van der Waals surface area contributed by atoms with E-state index in [9.17, 15) is 9.59 Å². The van der Waals surface area contributed by atoms with E-state index in [1.165, 1.54) is 19.3 Å². The van der Waals surface area contributed by atoms with Gasteiger partial charge in [-0.3, -0.25) is 9.59 Å². The maximum Gasteiger partial charge on any atom is 0.251 e. The number of imidazole rings is 1. The van der Waals surface area contributed by atoms with Gasteiger partial charge in [0.25, 0.3) is 5.91 Å². The van der Waals surface area contributed by atoms with Crippen molar-refractivity contribution in [2.24, 2.45) is 0 Å². The molecule has 1 saturated carbocycles. The number of fused-ring (bicyclic) bond motifs is 1. The van der Waals surface area contributed by atoms with Crippen LogP contribution in [0.3, 0.4) is 0 Å². The lowest BCUT2D eigenvalue weighted by molar-refractivity contribution is -0.135. The number of hydrogen-bond donors (Lipinski definition) is 1. The van der Waals surface area contributed by atoms with Crippen molar-refractivity contribution in [2.75, 3.05) is 6.54 Å². The smallest absolute Gasteiger partial charge is 0.251 e. The standard InChI is InChI=1S/C32H36N4O2/c1-24-12-8-9-17-27(24)32(38)33-21-20-30-34-28-18-10-11-19-29(28)36(30)23-31(37)35(26-15-6-3-7-16-26)22-25-13-4-2-5-14-25/h2,4-5,8-14,17-19,26H,3,6-7,15-16,20-23H2,1H3,(H,33,38). The first kappa shape index (κ1) is 25.7. The van der Waals surface area contributed by atoms with E-state index in [1.54, 1.807) is 0 Å². The summed E-state index contributed by atoms with van der Waals surface area (Å²) < 4.78 is 2.04. The molecule has 0 spiro atoms. The Kier molecular flexibility index (Phi) is 8.17. The summed E-state index contributed by atoms with van der Waals surface area (Å²) in [5, 5.41) is 3.03. The van der Waals surface area contributed by atoms with E-state index in [0.717, 1.165) is 40.8 Å². The molecule has 1 aromatic heterocycles. The van der Waals surface area contributed by atoms with E-state index >= 15 is 0 Å². The van der Waals surface area contributed by atoms with Crippen molar-refractivity contribution < 1.29 is 9.59 Å². The van der Waals surface area contributed by atoms with Gasteiger partial charge in [-0.1, -0.05) is 79.9 Å². The first-order chi connectivity index (χ1) is 18.6. The van der Waals surface area contributed by atoms with Gasteiger partial charge in [0.1, 0.15) is 12.4 Å². The number of aryl methyl sites for hydroxylation is 1. The zero-order valence-electron chi connectivity index (χ0n) is 22.1. The molecule has 0 saturated heterocycles. The lowest BCUT2D eigenvalue weighted by atomic mass is 9.93. The number of benzene rings is 3. The molecule has 38 heavy (non-hydrogen) atoms. The SMILES string of the molecule is Cc1ccccc1C(=O)NCCc1nc2ccccc2n1CC(=O)N(Cc1ccccc1)C1CCCCC1. The van der Waals surface area contributed by atoms with Gasteiger partial charge >= 0.3 is 0 Å². The largest absolute Gasteiger partial charge is 0.352 e. The number of hydrogen-bond acceptors (Lipinski definition) is 3. The van der Waals surface area contributed by atoms with Crippen molar-refractivity contribution in [3.8, 4) is 0 Å². The maximum absolute atomic E-state index is 13.9. The van der Waals surface area contributed by atoms with Crippen LogP contribution in [0.25, 0.3) is 11.0 Å². The molecule has 1 fully saturated rings. The minimum absolute atomic E-state index is 0.0897. The number of nitrogens with one attached hydrogen (secondary N) is 1. The van der Waals surface area contributed by atoms with Gasteiger partial charge in [0.15, 0.2) is 0 Å². The van der Waals surface area contributed by atoms with E-state index in [0.29, 0.717) is 25.1 Å². The summed E-state index contributed by atoms with van der Waals surface area (Å²) in [7, 11) is 0. The van der Waals surface area contributed by atoms with Gasteiger partial charge in [-0.25, -0.2) is 4.98 Å². The Hall–Kier alpha value is -3.93. The van der Waals surface area contributed by atoms with Gasteiger partial charge in [0, 0.05) is 31.1 Å². The van der Waals surface area contributed by atoms with Crippen LogP contribution in [-0.2, 0) is 24.3 Å². The van der Waals surface area contributed by atoms with Crippen LogP contribution in [0, 0.1) is 6.92 Å². The van der Waals surface area contributed by atoms with Crippen molar-refractivity contribution in [1.29, 1.82) is 0 Å².